The molecule has 0 atom stereocenters. The number of rotatable bonds is 7. The first-order valence-electron chi connectivity index (χ1n) is 11.2. The van der Waals surface area contributed by atoms with Crippen LogP contribution < -0.4 is 4.90 Å². The van der Waals surface area contributed by atoms with Gasteiger partial charge < -0.3 is 14.7 Å². The Hall–Kier alpha value is -3.07. The van der Waals surface area contributed by atoms with Gasteiger partial charge in [0.2, 0.25) is 0 Å². The Labute approximate surface area is 191 Å². The molecule has 176 valence electrons. The molecule has 1 aliphatic heterocycles. The van der Waals surface area contributed by atoms with Gasteiger partial charge in [-0.05, 0) is 43.2 Å². The molecule has 0 unspecified atom stereocenters. The van der Waals surface area contributed by atoms with Crippen molar-refractivity contribution in [3.8, 4) is 5.69 Å². The predicted molar refractivity (Wildman–Crippen MR) is 122 cm³/mol. The van der Waals surface area contributed by atoms with Crippen LogP contribution in [0.2, 0.25) is 0 Å². The number of benzene rings is 1. The van der Waals surface area contributed by atoms with Crippen molar-refractivity contribution in [1.29, 1.82) is 0 Å². The van der Waals surface area contributed by atoms with Crippen LogP contribution in [0.5, 0.6) is 0 Å². The molecule has 0 aliphatic carbocycles. The standard InChI is InChI=1S/C24H28F2N4O3/c1-4-33-14-24(26)9-11-29(12-10-24)19-13-18(23(31)32)27-22-20(19)21(15(2)3)28-30(22)17-7-5-16(25)6-8-17/h5-8,13,15H,4,9-12,14H2,1-3H3,(H,31,32). The van der Waals surface area contributed by atoms with Gasteiger partial charge in [-0.15, -0.1) is 0 Å². The van der Waals surface area contributed by atoms with E-state index in [0.29, 0.717) is 36.7 Å². The number of anilines is 1. The van der Waals surface area contributed by atoms with Crippen LogP contribution in [0.4, 0.5) is 14.5 Å². The summed E-state index contributed by atoms with van der Waals surface area (Å²) in [7, 11) is 0. The van der Waals surface area contributed by atoms with Crippen LogP contribution in [-0.2, 0) is 4.74 Å². The topological polar surface area (TPSA) is 80.5 Å². The third kappa shape index (κ3) is 4.55. The van der Waals surface area contributed by atoms with E-state index in [-0.39, 0.29) is 36.9 Å². The van der Waals surface area contributed by atoms with Gasteiger partial charge in [0.1, 0.15) is 11.5 Å². The number of halogens is 2. The molecule has 1 aliphatic rings. The number of aromatic nitrogens is 3. The first-order chi connectivity index (χ1) is 15.7. The van der Waals surface area contributed by atoms with Gasteiger partial charge in [-0.2, -0.15) is 5.10 Å². The van der Waals surface area contributed by atoms with Crippen molar-refractivity contribution in [2.75, 3.05) is 31.2 Å². The van der Waals surface area contributed by atoms with Gasteiger partial charge in [0.05, 0.1) is 29.1 Å². The van der Waals surface area contributed by atoms with Gasteiger partial charge in [-0.1, -0.05) is 13.8 Å². The average Bonchev–Trinajstić information content (AvgIpc) is 3.18. The summed E-state index contributed by atoms with van der Waals surface area (Å²) in [6.45, 7) is 7.19. The molecule has 0 bridgehead atoms. The Morgan fingerprint density at radius 2 is 1.91 bits per heavy atom. The number of hydrogen-bond donors (Lipinski definition) is 1. The lowest BCUT2D eigenvalue weighted by Gasteiger charge is -2.37. The molecule has 7 nitrogen and oxygen atoms in total. The molecule has 9 heteroatoms. The second-order valence-corrected chi connectivity index (χ2v) is 8.73. The smallest absolute Gasteiger partial charge is 0.354 e. The van der Waals surface area contributed by atoms with Crippen LogP contribution in [0, 0.1) is 5.82 Å². The number of fused-ring (bicyclic) bond motifs is 1. The van der Waals surface area contributed by atoms with Crippen molar-refractivity contribution < 1.29 is 23.4 Å². The molecular weight excluding hydrogens is 430 g/mol. The third-order valence-corrected chi connectivity index (χ3v) is 6.05. The Morgan fingerprint density at radius 1 is 1.24 bits per heavy atom. The van der Waals surface area contributed by atoms with Crippen molar-refractivity contribution in [2.24, 2.45) is 0 Å². The molecule has 0 saturated carbocycles. The highest BCUT2D eigenvalue weighted by atomic mass is 19.1. The molecular formula is C24H28F2N4O3. The van der Waals surface area contributed by atoms with Crippen molar-refractivity contribution in [1.82, 2.24) is 14.8 Å². The summed E-state index contributed by atoms with van der Waals surface area (Å²) >= 11 is 0. The Kier molecular flexibility index (Phi) is 6.34. The average molecular weight is 459 g/mol. The summed E-state index contributed by atoms with van der Waals surface area (Å²) in [4.78, 5) is 18.3. The van der Waals surface area contributed by atoms with E-state index in [2.05, 4.69) is 4.98 Å². The van der Waals surface area contributed by atoms with E-state index in [9.17, 15) is 14.3 Å². The van der Waals surface area contributed by atoms with Gasteiger partial charge in [0.15, 0.2) is 11.3 Å². The zero-order valence-corrected chi connectivity index (χ0v) is 19.0. The highest BCUT2D eigenvalue weighted by Crippen LogP contribution is 2.38. The maximum absolute atomic E-state index is 15.1. The van der Waals surface area contributed by atoms with Crippen molar-refractivity contribution in [3.63, 3.8) is 0 Å². The van der Waals surface area contributed by atoms with Gasteiger partial charge in [0, 0.05) is 32.5 Å². The predicted octanol–water partition coefficient (Wildman–Crippen LogP) is 4.73. The van der Waals surface area contributed by atoms with E-state index in [1.165, 1.54) is 12.1 Å². The summed E-state index contributed by atoms with van der Waals surface area (Å²) in [5.41, 5.74) is 0.863. The number of hydrogen-bond acceptors (Lipinski definition) is 5. The minimum Gasteiger partial charge on any atom is -0.477 e. The number of ether oxygens (including phenoxy) is 1. The number of carbonyl (C=O) groups is 1. The minimum absolute atomic E-state index is 0.0217. The lowest BCUT2D eigenvalue weighted by molar-refractivity contribution is 0.00461. The van der Waals surface area contributed by atoms with Gasteiger partial charge >= 0.3 is 5.97 Å². The number of carboxylic acids is 1. The first-order valence-corrected chi connectivity index (χ1v) is 11.2. The molecule has 1 saturated heterocycles. The van der Waals surface area contributed by atoms with Crippen LogP contribution >= 0.6 is 0 Å². The van der Waals surface area contributed by atoms with Crippen LogP contribution in [0.1, 0.15) is 55.7 Å². The third-order valence-electron chi connectivity index (χ3n) is 6.05. The minimum atomic E-state index is -1.40. The van der Waals surface area contributed by atoms with Crippen molar-refractivity contribution >= 4 is 22.7 Å². The molecule has 33 heavy (non-hydrogen) atoms. The second kappa shape index (κ2) is 9.05. The van der Waals surface area contributed by atoms with Crippen LogP contribution in [-0.4, -0.2) is 57.8 Å². The fourth-order valence-corrected chi connectivity index (χ4v) is 4.23. The van der Waals surface area contributed by atoms with E-state index in [1.54, 1.807) is 22.9 Å². The van der Waals surface area contributed by atoms with Gasteiger partial charge in [-0.3, -0.25) is 0 Å². The molecule has 1 aromatic carbocycles. The van der Waals surface area contributed by atoms with Crippen LogP contribution in [0.3, 0.4) is 0 Å². The zero-order chi connectivity index (χ0) is 23.8. The number of nitrogens with zero attached hydrogens (tertiary/aromatic N) is 4. The highest BCUT2D eigenvalue weighted by molar-refractivity contribution is 5.98. The SMILES string of the molecule is CCOCC1(F)CCN(c2cc(C(=O)O)nc3c2c(C(C)C)nn3-c2ccc(F)cc2)CC1. The van der Waals surface area contributed by atoms with Gasteiger partial charge in [0.25, 0.3) is 0 Å². The fourth-order valence-electron chi connectivity index (χ4n) is 4.23. The van der Waals surface area contributed by atoms with Crippen molar-refractivity contribution in [3.05, 3.63) is 47.5 Å². The molecule has 4 rings (SSSR count). The summed E-state index contributed by atoms with van der Waals surface area (Å²) in [5.74, 6) is -1.52. The number of carboxylic acid groups (broad SMARTS) is 1. The number of aromatic carboxylic acids is 1. The molecule has 3 heterocycles. The summed E-state index contributed by atoms with van der Waals surface area (Å²) in [6.07, 6.45) is 0.560. The molecule has 1 N–H and O–H groups in total. The summed E-state index contributed by atoms with van der Waals surface area (Å²) < 4.78 is 35.5. The maximum Gasteiger partial charge on any atom is 0.354 e. The molecule has 1 fully saturated rings. The van der Waals surface area contributed by atoms with Crippen LogP contribution in [0.25, 0.3) is 16.7 Å². The quantitative estimate of drug-likeness (QED) is 0.552. The number of piperidine rings is 1. The van der Waals surface area contributed by atoms with E-state index in [4.69, 9.17) is 9.84 Å². The Morgan fingerprint density at radius 3 is 2.48 bits per heavy atom. The van der Waals surface area contributed by atoms with E-state index in [0.717, 1.165) is 11.1 Å². The first kappa shape index (κ1) is 23.1. The number of alkyl halides is 1. The summed E-state index contributed by atoms with van der Waals surface area (Å²) in [5, 5.41) is 15.2. The molecule has 0 radical (unpaired) electrons. The number of pyridine rings is 1. The van der Waals surface area contributed by atoms with Crippen molar-refractivity contribution in [2.45, 2.75) is 45.2 Å². The monoisotopic (exact) mass is 458 g/mol. The lowest BCUT2D eigenvalue weighted by atomic mass is 9.93. The van der Waals surface area contributed by atoms with E-state index >= 15 is 4.39 Å². The summed E-state index contributed by atoms with van der Waals surface area (Å²) in [6, 6.07) is 7.34. The highest BCUT2D eigenvalue weighted by Gasteiger charge is 2.36. The lowest BCUT2D eigenvalue weighted by Crippen LogP contribution is -2.44. The Balaban J connectivity index is 1.84. The van der Waals surface area contributed by atoms with E-state index in [1.807, 2.05) is 25.7 Å². The molecule has 0 spiro atoms. The normalized spacial score (nSPS) is 16.0. The maximum atomic E-state index is 15.1. The fraction of sp³-hybridized carbons (Fsp3) is 0.458. The molecule has 2 aromatic heterocycles. The second-order valence-electron chi connectivity index (χ2n) is 8.73. The molecule has 3 aromatic rings. The van der Waals surface area contributed by atoms with E-state index < -0.39 is 11.6 Å². The van der Waals surface area contributed by atoms with Crippen LogP contribution in [0.15, 0.2) is 30.3 Å². The van der Waals surface area contributed by atoms with Gasteiger partial charge in [-0.25, -0.2) is 23.2 Å². The molecule has 0 amide bonds. The zero-order valence-electron chi connectivity index (χ0n) is 19.0. The Bertz CT molecular complexity index is 1150. The largest absolute Gasteiger partial charge is 0.477 e.